The van der Waals surface area contributed by atoms with E-state index in [-0.39, 0.29) is 50.4 Å². The van der Waals surface area contributed by atoms with E-state index in [0.29, 0.717) is 11.6 Å². The third kappa shape index (κ3) is 42.0. The minimum absolute atomic E-state index is 0. The molecule has 0 radical (unpaired) electrons. The molecule has 8 heteroatoms. The minimum atomic E-state index is 0. The number of nitrogens with one attached hydrogen (secondary N) is 4. The Bertz CT molecular complexity index is 540. The van der Waals surface area contributed by atoms with E-state index < -0.39 is 0 Å². The van der Waals surface area contributed by atoms with Gasteiger partial charge in [-0.25, -0.2) is 0 Å². The summed E-state index contributed by atoms with van der Waals surface area (Å²) in [6.07, 6.45) is 6.45. The third-order valence-electron chi connectivity index (χ3n) is 4.35. The van der Waals surface area contributed by atoms with Crippen molar-refractivity contribution in [1.82, 2.24) is 9.80 Å². The second-order valence-electron chi connectivity index (χ2n) is 8.12. The zero-order valence-electron chi connectivity index (χ0n) is 20.4. The molecule has 2 heterocycles. The number of nitrogens with zero attached hydrogens (tertiary/aromatic N) is 3. The molecule has 0 aromatic heterocycles. The summed E-state index contributed by atoms with van der Waals surface area (Å²) in [5.74, 6) is 2.75. The first-order chi connectivity index (χ1) is 13.9. The van der Waals surface area contributed by atoms with E-state index in [1.54, 1.807) is 13.8 Å². The van der Waals surface area contributed by atoms with E-state index in [4.69, 9.17) is 27.4 Å². The number of piperidine rings is 1. The number of hydrogen-bond acceptors (Lipinski definition) is 6. The molecule has 1 saturated carbocycles. The zero-order chi connectivity index (χ0) is 23.7. The Morgan fingerprint density at radius 1 is 0.778 bits per heavy atom. The molecular formula is C28H70N8. The van der Waals surface area contributed by atoms with Crippen molar-refractivity contribution in [3.63, 3.8) is 0 Å². The van der Waals surface area contributed by atoms with Crippen LogP contribution in [0.5, 0.6) is 0 Å². The van der Waals surface area contributed by atoms with Gasteiger partial charge in [-0.05, 0) is 79.6 Å². The Morgan fingerprint density at radius 3 is 1.25 bits per heavy atom. The van der Waals surface area contributed by atoms with Gasteiger partial charge >= 0.3 is 0 Å². The molecule has 2 aliphatic heterocycles. The SMILES string of the molecule is C.C.C.C.C.C.CC(=N)C1CC1.CC(=N)N.CC(=N)N1CCCCC1.CC(C)=N.CC1=NCCN1C. The van der Waals surface area contributed by atoms with Crippen LogP contribution in [-0.4, -0.2) is 72.0 Å². The number of amidine groups is 3. The van der Waals surface area contributed by atoms with E-state index in [1.807, 2.05) is 20.8 Å². The molecule has 0 bridgehead atoms. The maximum Gasteiger partial charge on any atom is 0.0956 e. The Balaban J connectivity index is -0.0000000449. The highest BCUT2D eigenvalue weighted by atomic mass is 15.2. The first-order valence-corrected chi connectivity index (χ1v) is 10.8. The number of likely N-dealkylation sites (tertiary alicyclic amines) is 1. The lowest BCUT2D eigenvalue weighted by Crippen LogP contribution is -2.33. The van der Waals surface area contributed by atoms with Gasteiger partial charge in [-0.3, -0.25) is 15.8 Å². The normalized spacial score (nSPS) is 13.8. The molecule has 0 unspecified atom stereocenters. The van der Waals surface area contributed by atoms with Crippen LogP contribution in [0.15, 0.2) is 4.99 Å². The van der Waals surface area contributed by atoms with E-state index in [0.717, 1.165) is 37.7 Å². The Labute approximate surface area is 228 Å². The predicted molar refractivity (Wildman–Crippen MR) is 173 cm³/mol. The Morgan fingerprint density at radius 2 is 1.14 bits per heavy atom. The number of likely N-dealkylation sites (N-methyl/N-ethyl adjacent to an activating group) is 1. The molecule has 222 valence electrons. The van der Waals surface area contributed by atoms with Gasteiger partial charge in [0, 0.05) is 38.1 Å². The summed E-state index contributed by atoms with van der Waals surface area (Å²) in [5.41, 5.74) is 6.23. The molecule has 1 aliphatic carbocycles. The van der Waals surface area contributed by atoms with E-state index in [9.17, 15) is 0 Å². The third-order valence-corrected chi connectivity index (χ3v) is 4.35. The highest BCUT2D eigenvalue weighted by Crippen LogP contribution is 2.29. The Hall–Kier alpha value is -2.25. The van der Waals surface area contributed by atoms with Crippen LogP contribution in [0.4, 0.5) is 0 Å². The average Bonchev–Trinajstić information content (AvgIpc) is 3.42. The molecule has 6 N–H and O–H groups in total. The first-order valence-electron chi connectivity index (χ1n) is 10.8. The summed E-state index contributed by atoms with van der Waals surface area (Å²) in [5, 5.41) is 27.1. The van der Waals surface area contributed by atoms with Crippen LogP contribution in [-0.2, 0) is 0 Å². The van der Waals surface area contributed by atoms with Gasteiger partial charge in [0.15, 0.2) is 0 Å². The highest BCUT2D eigenvalue weighted by molar-refractivity contribution is 5.83. The second-order valence-corrected chi connectivity index (χ2v) is 8.12. The Kier molecular flexibility index (Phi) is 49.7. The molecule has 0 atom stereocenters. The highest BCUT2D eigenvalue weighted by Gasteiger charge is 2.22. The lowest BCUT2D eigenvalue weighted by molar-refractivity contribution is 0.339. The van der Waals surface area contributed by atoms with Gasteiger partial charge in [-0.15, -0.1) is 0 Å². The van der Waals surface area contributed by atoms with Gasteiger partial charge < -0.3 is 26.4 Å². The summed E-state index contributed by atoms with van der Waals surface area (Å²) in [7, 11) is 2.06. The summed E-state index contributed by atoms with van der Waals surface area (Å²) in [6.45, 7) is 15.1. The van der Waals surface area contributed by atoms with Crippen molar-refractivity contribution in [1.29, 1.82) is 21.6 Å². The molecule has 0 aromatic rings. The molecule has 0 spiro atoms. The van der Waals surface area contributed by atoms with E-state index in [1.165, 1.54) is 44.9 Å². The van der Waals surface area contributed by atoms with Crippen molar-refractivity contribution in [2.45, 2.75) is 118 Å². The van der Waals surface area contributed by atoms with Crippen molar-refractivity contribution < 1.29 is 0 Å². The van der Waals surface area contributed by atoms with Crippen LogP contribution in [0.3, 0.4) is 0 Å². The summed E-state index contributed by atoms with van der Waals surface area (Å²) in [6, 6.07) is 0. The van der Waals surface area contributed by atoms with Crippen LogP contribution in [0.25, 0.3) is 0 Å². The monoisotopic (exact) mass is 519 g/mol. The number of hydrogen-bond donors (Lipinski definition) is 5. The standard InChI is InChI=1S/C7H14N2.C5H10N2.C5H9N.C3H7N.C2H6N2.6CH4/c1-7(8)9-5-3-2-4-6-9;1-5-6-3-4-7(5)2;1-4(6)5-2-3-5;1-3(2)4;1-2(3)4;;;;;;/h8H,2-6H2,1H3;3-4H2,1-2H3;5-6H,2-3H2,1H3;4H,1-2H3;1H3,(H3,3,4);6*1H4. The molecule has 3 aliphatic rings. The van der Waals surface area contributed by atoms with Crippen molar-refractivity contribution in [2.75, 3.05) is 33.2 Å². The molecule has 3 rings (SSSR count). The van der Waals surface area contributed by atoms with Gasteiger partial charge in [-0.2, -0.15) is 0 Å². The predicted octanol–water partition coefficient (Wildman–Crippen LogP) is 8.06. The van der Waals surface area contributed by atoms with Gasteiger partial charge in [0.2, 0.25) is 0 Å². The maximum atomic E-state index is 7.31. The van der Waals surface area contributed by atoms with Crippen LogP contribution in [0, 0.1) is 27.6 Å². The number of rotatable bonds is 1. The van der Waals surface area contributed by atoms with Gasteiger partial charge in [-0.1, -0.05) is 44.6 Å². The zero-order valence-corrected chi connectivity index (χ0v) is 20.4. The maximum absolute atomic E-state index is 7.31. The van der Waals surface area contributed by atoms with Gasteiger partial charge in [0.05, 0.1) is 24.1 Å². The van der Waals surface area contributed by atoms with Crippen molar-refractivity contribution in [3.05, 3.63) is 0 Å². The first kappa shape index (κ1) is 54.6. The van der Waals surface area contributed by atoms with Gasteiger partial charge in [0.1, 0.15) is 0 Å². The fourth-order valence-corrected chi connectivity index (χ4v) is 2.39. The van der Waals surface area contributed by atoms with Crippen molar-refractivity contribution in [2.24, 2.45) is 16.6 Å². The molecule has 8 nitrogen and oxygen atoms in total. The van der Waals surface area contributed by atoms with Gasteiger partial charge in [0.25, 0.3) is 0 Å². The van der Waals surface area contributed by atoms with Crippen molar-refractivity contribution in [3.8, 4) is 0 Å². The molecule has 36 heavy (non-hydrogen) atoms. The summed E-state index contributed by atoms with van der Waals surface area (Å²) >= 11 is 0. The molecular weight excluding hydrogens is 448 g/mol. The van der Waals surface area contributed by atoms with Crippen LogP contribution >= 0.6 is 0 Å². The van der Waals surface area contributed by atoms with Crippen LogP contribution in [0.2, 0.25) is 0 Å². The molecule has 0 aromatic carbocycles. The molecule has 1 saturated heterocycles. The number of aliphatic imine (C=N–C) groups is 1. The topological polar surface area (TPSA) is 140 Å². The lowest BCUT2D eigenvalue weighted by Gasteiger charge is -2.27. The molecule has 2 fully saturated rings. The van der Waals surface area contributed by atoms with Crippen molar-refractivity contribution >= 4 is 28.9 Å². The summed E-state index contributed by atoms with van der Waals surface area (Å²) < 4.78 is 0. The number of nitrogens with two attached hydrogens (primary N) is 1. The average molecular weight is 519 g/mol. The summed E-state index contributed by atoms with van der Waals surface area (Å²) in [4.78, 5) is 8.45. The smallest absolute Gasteiger partial charge is 0.0956 e. The minimum Gasteiger partial charge on any atom is -0.388 e. The fourth-order valence-electron chi connectivity index (χ4n) is 2.39. The van der Waals surface area contributed by atoms with E-state index in [2.05, 4.69) is 21.8 Å². The van der Waals surface area contributed by atoms with Crippen LogP contribution in [0.1, 0.15) is 118 Å². The quantitative estimate of drug-likeness (QED) is 0.177. The van der Waals surface area contributed by atoms with E-state index >= 15 is 0 Å². The molecule has 0 amide bonds. The largest absolute Gasteiger partial charge is 0.388 e. The lowest BCUT2D eigenvalue weighted by atomic mass is 10.1. The van der Waals surface area contributed by atoms with Crippen LogP contribution < -0.4 is 5.73 Å². The second kappa shape index (κ2) is 32.8. The fraction of sp³-hybridized carbons (Fsp3) is 0.821.